The van der Waals surface area contributed by atoms with Crippen molar-refractivity contribution in [2.24, 2.45) is 0 Å². The van der Waals surface area contributed by atoms with E-state index in [0.29, 0.717) is 5.75 Å². The van der Waals surface area contributed by atoms with Crippen LogP contribution in [0.5, 0.6) is 17.4 Å². The van der Waals surface area contributed by atoms with Crippen LogP contribution in [0.1, 0.15) is 20.7 Å². The molecule has 0 aliphatic heterocycles. The Morgan fingerprint density at radius 2 is 1.69 bits per heavy atom. The number of nitrogens with zero attached hydrogens (tertiary/aromatic N) is 1. The lowest BCUT2D eigenvalue weighted by Gasteiger charge is -2.09. The van der Waals surface area contributed by atoms with Crippen molar-refractivity contribution >= 4 is 17.6 Å². The molecule has 2 aromatic carbocycles. The first-order valence-corrected chi connectivity index (χ1v) is 7.59. The van der Waals surface area contributed by atoms with Gasteiger partial charge in [0.25, 0.3) is 5.91 Å². The van der Waals surface area contributed by atoms with E-state index in [1.54, 1.807) is 24.3 Å². The Balaban J connectivity index is 1.71. The molecule has 0 bridgehead atoms. The number of phenolic OH excluding ortho intramolecular Hbond substituents is 1. The van der Waals surface area contributed by atoms with Crippen LogP contribution in [-0.2, 0) is 0 Å². The van der Waals surface area contributed by atoms with Crippen molar-refractivity contribution < 1.29 is 24.5 Å². The van der Waals surface area contributed by atoms with Gasteiger partial charge in [0.15, 0.2) is 0 Å². The van der Waals surface area contributed by atoms with E-state index in [1.807, 2.05) is 0 Å². The number of carboxylic acid groups (broad SMARTS) is 1. The molecule has 0 aliphatic carbocycles. The molecule has 7 nitrogen and oxygen atoms in total. The highest BCUT2D eigenvalue weighted by Gasteiger charge is 2.13. The Morgan fingerprint density at radius 3 is 2.35 bits per heavy atom. The van der Waals surface area contributed by atoms with Gasteiger partial charge in [0, 0.05) is 12.3 Å². The van der Waals surface area contributed by atoms with E-state index in [4.69, 9.17) is 9.84 Å². The van der Waals surface area contributed by atoms with Gasteiger partial charge in [0.2, 0.25) is 5.88 Å². The average molecular weight is 350 g/mol. The number of anilines is 1. The standard InChI is InChI=1S/C19H14N2O5/c22-13-6-8-14(9-7-13)26-17-10-5-12(11-20-17)18(23)21-16-4-2-1-3-15(16)19(24)25/h1-11,22H,(H,21,23)(H,24,25). The van der Waals surface area contributed by atoms with Gasteiger partial charge in [-0.1, -0.05) is 12.1 Å². The molecule has 0 atom stereocenters. The van der Waals surface area contributed by atoms with Crippen molar-refractivity contribution in [3.8, 4) is 17.4 Å². The number of hydrogen-bond donors (Lipinski definition) is 3. The highest BCUT2D eigenvalue weighted by molar-refractivity contribution is 6.07. The molecule has 0 spiro atoms. The summed E-state index contributed by atoms with van der Waals surface area (Å²) in [7, 11) is 0. The van der Waals surface area contributed by atoms with E-state index in [-0.39, 0.29) is 28.4 Å². The largest absolute Gasteiger partial charge is 0.508 e. The van der Waals surface area contributed by atoms with Crippen molar-refractivity contribution in [1.29, 1.82) is 0 Å². The van der Waals surface area contributed by atoms with Crippen LogP contribution in [0.2, 0.25) is 0 Å². The second-order valence-corrected chi connectivity index (χ2v) is 5.29. The van der Waals surface area contributed by atoms with E-state index in [2.05, 4.69) is 10.3 Å². The van der Waals surface area contributed by atoms with Gasteiger partial charge in [0.1, 0.15) is 11.5 Å². The van der Waals surface area contributed by atoms with Gasteiger partial charge in [-0.3, -0.25) is 4.79 Å². The molecule has 0 aliphatic rings. The van der Waals surface area contributed by atoms with Crippen LogP contribution in [0.4, 0.5) is 5.69 Å². The summed E-state index contributed by atoms with van der Waals surface area (Å²) in [5, 5.41) is 20.9. The number of nitrogens with one attached hydrogen (secondary N) is 1. The maximum Gasteiger partial charge on any atom is 0.337 e. The summed E-state index contributed by atoms with van der Waals surface area (Å²) in [6, 6.07) is 15.3. The number of carbonyl (C=O) groups excluding carboxylic acids is 1. The van der Waals surface area contributed by atoms with Crippen molar-refractivity contribution in [1.82, 2.24) is 4.98 Å². The number of amides is 1. The number of ether oxygens (including phenoxy) is 1. The smallest absolute Gasteiger partial charge is 0.337 e. The van der Waals surface area contributed by atoms with Crippen LogP contribution in [0, 0.1) is 0 Å². The summed E-state index contributed by atoms with van der Waals surface area (Å²) in [5.74, 6) is -0.723. The Kier molecular flexibility index (Phi) is 4.80. The van der Waals surface area contributed by atoms with Crippen LogP contribution in [-0.4, -0.2) is 27.1 Å². The lowest BCUT2D eigenvalue weighted by molar-refractivity contribution is 0.0698. The second-order valence-electron chi connectivity index (χ2n) is 5.29. The molecule has 130 valence electrons. The topological polar surface area (TPSA) is 109 Å². The molecule has 0 radical (unpaired) electrons. The number of phenols is 1. The molecular weight excluding hydrogens is 336 g/mol. The maximum absolute atomic E-state index is 12.3. The third kappa shape index (κ3) is 3.96. The predicted molar refractivity (Wildman–Crippen MR) is 93.8 cm³/mol. The van der Waals surface area contributed by atoms with Crippen molar-refractivity contribution in [3.05, 3.63) is 78.0 Å². The highest BCUT2D eigenvalue weighted by Crippen LogP contribution is 2.22. The number of hydrogen-bond acceptors (Lipinski definition) is 5. The van der Waals surface area contributed by atoms with Gasteiger partial charge in [0.05, 0.1) is 16.8 Å². The molecule has 0 saturated carbocycles. The number of pyridine rings is 1. The van der Waals surface area contributed by atoms with E-state index in [0.717, 1.165) is 0 Å². The van der Waals surface area contributed by atoms with Crippen LogP contribution in [0.3, 0.4) is 0 Å². The van der Waals surface area contributed by atoms with Gasteiger partial charge in [-0.15, -0.1) is 0 Å². The van der Waals surface area contributed by atoms with Gasteiger partial charge in [-0.2, -0.15) is 0 Å². The summed E-state index contributed by atoms with van der Waals surface area (Å²) >= 11 is 0. The third-order valence-electron chi connectivity index (χ3n) is 3.46. The molecule has 1 heterocycles. The molecule has 3 rings (SSSR count). The third-order valence-corrected chi connectivity index (χ3v) is 3.46. The van der Waals surface area contributed by atoms with Gasteiger partial charge in [-0.05, 0) is 42.5 Å². The molecule has 1 amide bonds. The molecule has 0 saturated heterocycles. The normalized spacial score (nSPS) is 10.2. The maximum atomic E-state index is 12.3. The van der Waals surface area contributed by atoms with Crippen molar-refractivity contribution in [2.75, 3.05) is 5.32 Å². The molecule has 3 N–H and O–H groups in total. The lowest BCUT2D eigenvalue weighted by Crippen LogP contribution is -2.15. The summed E-state index contributed by atoms with van der Waals surface area (Å²) in [4.78, 5) is 27.5. The summed E-state index contributed by atoms with van der Waals surface area (Å²) in [6.45, 7) is 0. The van der Waals surface area contributed by atoms with E-state index in [9.17, 15) is 14.7 Å². The second kappa shape index (κ2) is 7.35. The fraction of sp³-hybridized carbons (Fsp3) is 0. The molecule has 26 heavy (non-hydrogen) atoms. The minimum Gasteiger partial charge on any atom is -0.508 e. The van der Waals surface area contributed by atoms with E-state index >= 15 is 0 Å². The first kappa shape index (κ1) is 17.0. The van der Waals surface area contributed by atoms with Crippen molar-refractivity contribution in [3.63, 3.8) is 0 Å². The number of rotatable bonds is 5. The number of aromatic carboxylic acids is 1. The number of carboxylic acids is 1. The predicted octanol–water partition coefficient (Wildman–Crippen LogP) is 3.53. The number of aromatic hydroxyl groups is 1. The fourth-order valence-electron chi connectivity index (χ4n) is 2.18. The molecule has 3 aromatic rings. The van der Waals surface area contributed by atoms with Gasteiger partial charge >= 0.3 is 5.97 Å². The van der Waals surface area contributed by atoms with Crippen LogP contribution in [0.15, 0.2) is 66.9 Å². The molecule has 7 heteroatoms. The lowest BCUT2D eigenvalue weighted by atomic mass is 10.1. The Bertz CT molecular complexity index is 937. The Morgan fingerprint density at radius 1 is 0.962 bits per heavy atom. The van der Waals surface area contributed by atoms with Crippen LogP contribution in [0.25, 0.3) is 0 Å². The Hall–Kier alpha value is -3.87. The minimum atomic E-state index is -1.13. The zero-order valence-corrected chi connectivity index (χ0v) is 13.4. The monoisotopic (exact) mass is 350 g/mol. The summed E-state index contributed by atoms with van der Waals surface area (Å²) < 4.78 is 5.51. The highest BCUT2D eigenvalue weighted by atomic mass is 16.5. The first-order chi connectivity index (χ1) is 12.5. The molecule has 0 unspecified atom stereocenters. The number of para-hydroxylation sites is 1. The summed E-state index contributed by atoms with van der Waals surface area (Å²) in [6.07, 6.45) is 1.33. The molecule has 1 aromatic heterocycles. The number of aromatic nitrogens is 1. The minimum absolute atomic E-state index is 0.00101. The van der Waals surface area contributed by atoms with Crippen molar-refractivity contribution in [2.45, 2.75) is 0 Å². The van der Waals surface area contributed by atoms with Crippen LogP contribution >= 0.6 is 0 Å². The SMILES string of the molecule is O=C(Nc1ccccc1C(=O)O)c1ccc(Oc2ccc(O)cc2)nc1. The summed E-state index contributed by atoms with van der Waals surface area (Å²) in [5.41, 5.74) is 0.457. The molecule has 0 fully saturated rings. The van der Waals surface area contributed by atoms with Crippen LogP contribution < -0.4 is 10.1 Å². The zero-order chi connectivity index (χ0) is 18.5. The van der Waals surface area contributed by atoms with Gasteiger partial charge in [-0.25, -0.2) is 9.78 Å². The zero-order valence-electron chi connectivity index (χ0n) is 13.4. The average Bonchev–Trinajstić information content (AvgIpc) is 2.64. The van der Waals surface area contributed by atoms with Gasteiger partial charge < -0.3 is 20.3 Å². The Labute approximate surface area is 148 Å². The first-order valence-electron chi connectivity index (χ1n) is 7.59. The quantitative estimate of drug-likeness (QED) is 0.649. The fourth-order valence-corrected chi connectivity index (χ4v) is 2.18. The number of benzene rings is 2. The molecular formula is C19H14N2O5. The van der Waals surface area contributed by atoms with E-state index < -0.39 is 11.9 Å². The van der Waals surface area contributed by atoms with E-state index in [1.165, 1.54) is 42.6 Å². The number of carbonyl (C=O) groups is 2.